The highest BCUT2D eigenvalue weighted by molar-refractivity contribution is 5.90. The summed E-state index contributed by atoms with van der Waals surface area (Å²) in [6, 6.07) is 25.9. The Labute approximate surface area is 203 Å². The van der Waals surface area contributed by atoms with Crippen molar-refractivity contribution in [2.45, 2.75) is 37.5 Å². The summed E-state index contributed by atoms with van der Waals surface area (Å²) in [4.78, 5) is 25.6. The Balaban J connectivity index is 1.57. The van der Waals surface area contributed by atoms with Gasteiger partial charge in [0.1, 0.15) is 6.10 Å². The summed E-state index contributed by atoms with van der Waals surface area (Å²) in [7, 11) is 1.36. The standard InChI is InChI=1S/C27H26O8/c1-31-27-23(34-25(30)20-15-9-4-10-16-20)22(33-24(29)19-13-7-3-8-14-19)21(28)26(35-27)32-17-18-11-5-2-6-12-18/h2-16,21-23,26-28H,17H2,1H3/t21-,22-,23+,26-,27-/m0/s1. The highest BCUT2D eigenvalue weighted by atomic mass is 16.8. The fourth-order valence-corrected chi connectivity index (χ4v) is 3.67. The number of hydrogen-bond acceptors (Lipinski definition) is 8. The van der Waals surface area contributed by atoms with Crippen LogP contribution in [0.4, 0.5) is 0 Å². The maximum atomic E-state index is 12.8. The summed E-state index contributed by atoms with van der Waals surface area (Å²) in [6.45, 7) is 0.132. The van der Waals surface area contributed by atoms with Crippen molar-refractivity contribution in [1.29, 1.82) is 0 Å². The molecule has 1 aliphatic heterocycles. The van der Waals surface area contributed by atoms with Crippen molar-refractivity contribution in [3.8, 4) is 0 Å². The predicted octanol–water partition coefficient (Wildman–Crippen LogP) is 3.34. The van der Waals surface area contributed by atoms with Crippen molar-refractivity contribution in [1.82, 2.24) is 0 Å². The van der Waals surface area contributed by atoms with Crippen LogP contribution < -0.4 is 0 Å². The van der Waals surface area contributed by atoms with E-state index in [1.165, 1.54) is 7.11 Å². The van der Waals surface area contributed by atoms with Gasteiger partial charge in [-0.15, -0.1) is 0 Å². The molecule has 1 aliphatic rings. The van der Waals surface area contributed by atoms with E-state index >= 15 is 0 Å². The van der Waals surface area contributed by atoms with Gasteiger partial charge in [0.2, 0.25) is 6.29 Å². The third-order valence-corrected chi connectivity index (χ3v) is 5.47. The number of rotatable bonds is 8. The third-order valence-electron chi connectivity index (χ3n) is 5.47. The molecule has 35 heavy (non-hydrogen) atoms. The van der Waals surface area contributed by atoms with Crippen LogP contribution in [0.25, 0.3) is 0 Å². The number of carbonyl (C=O) groups excluding carboxylic acids is 2. The molecule has 1 heterocycles. The number of hydrogen-bond donors (Lipinski definition) is 1. The molecule has 1 fully saturated rings. The number of carbonyl (C=O) groups is 2. The van der Waals surface area contributed by atoms with E-state index < -0.39 is 42.8 Å². The summed E-state index contributed by atoms with van der Waals surface area (Å²) in [5.74, 6) is -1.38. The van der Waals surface area contributed by atoms with Crippen molar-refractivity contribution in [2.75, 3.05) is 7.11 Å². The van der Waals surface area contributed by atoms with Gasteiger partial charge in [0.15, 0.2) is 18.5 Å². The first kappa shape index (κ1) is 24.6. The molecule has 1 N–H and O–H groups in total. The second-order valence-corrected chi connectivity index (χ2v) is 7.87. The minimum absolute atomic E-state index is 0.132. The SMILES string of the molecule is CO[C@H]1O[C@H](OCc2ccccc2)[C@@H](O)[C@H](OC(=O)c2ccccc2)[C@H]1OC(=O)c1ccccc1. The number of methoxy groups -OCH3 is 1. The first-order valence-electron chi connectivity index (χ1n) is 11.1. The molecule has 8 nitrogen and oxygen atoms in total. The van der Waals surface area contributed by atoms with Crippen LogP contribution in [0, 0.1) is 0 Å². The zero-order valence-electron chi connectivity index (χ0n) is 19.1. The highest BCUT2D eigenvalue weighted by Gasteiger charge is 2.51. The molecule has 0 bridgehead atoms. The van der Waals surface area contributed by atoms with Gasteiger partial charge in [-0.25, -0.2) is 9.59 Å². The fourth-order valence-electron chi connectivity index (χ4n) is 3.67. The van der Waals surface area contributed by atoms with Gasteiger partial charge in [0, 0.05) is 7.11 Å². The zero-order chi connectivity index (χ0) is 24.6. The number of aliphatic hydroxyl groups excluding tert-OH is 1. The Morgan fingerprint density at radius 2 is 1.23 bits per heavy atom. The Kier molecular flexibility index (Phi) is 8.23. The minimum Gasteiger partial charge on any atom is -0.452 e. The molecule has 0 aliphatic carbocycles. The van der Waals surface area contributed by atoms with Gasteiger partial charge in [0.05, 0.1) is 17.7 Å². The lowest BCUT2D eigenvalue weighted by atomic mass is 10.0. The summed E-state index contributed by atoms with van der Waals surface area (Å²) < 4.78 is 28.2. The monoisotopic (exact) mass is 478 g/mol. The van der Waals surface area contributed by atoms with E-state index in [2.05, 4.69) is 0 Å². The number of aliphatic hydroxyl groups is 1. The van der Waals surface area contributed by atoms with Crippen LogP contribution in [0.15, 0.2) is 91.0 Å². The molecule has 3 aromatic carbocycles. The van der Waals surface area contributed by atoms with Gasteiger partial charge in [-0.2, -0.15) is 0 Å². The Morgan fingerprint density at radius 3 is 1.74 bits per heavy atom. The lowest BCUT2D eigenvalue weighted by Gasteiger charge is -2.42. The molecule has 1 saturated heterocycles. The molecule has 182 valence electrons. The van der Waals surface area contributed by atoms with Crippen LogP contribution in [-0.4, -0.2) is 55.0 Å². The van der Waals surface area contributed by atoms with E-state index in [0.717, 1.165) is 5.56 Å². The molecule has 8 heteroatoms. The number of esters is 2. The lowest BCUT2D eigenvalue weighted by Crippen LogP contribution is -2.61. The van der Waals surface area contributed by atoms with Crippen molar-refractivity contribution < 1.29 is 38.4 Å². The molecule has 0 amide bonds. The first-order valence-corrected chi connectivity index (χ1v) is 11.1. The molecular formula is C27H26O8. The van der Waals surface area contributed by atoms with E-state index in [0.29, 0.717) is 0 Å². The second kappa shape index (κ2) is 11.7. The molecule has 0 spiro atoms. The van der Waals surface area contributed by atoms with Crippen LogP contribution in [0.3, 0.4) is 0 Å². The second-order valence-electron chi connectivity index (χ2n) is 7.87. The summed E-state index contributed by atoms with van der Waals surface area (Å²) in [6.07, 6.45) is -6.42. The minimum atomic E-state index is -1.47. The van der Waals surface area contributed by atoms with E-state index in [9.17, 15) is 14.7 Å². The van der Waals surface area contributed by atoms with Crippen molar-refractivity contribution in [3.05, 3.63) is 108 Å². The van der Waals surface area contributed by atoms with Gasteiger partial charge < -0.3 is 28.8 Å². The molecule has 0 saturated carbocycles. The van der Waals surface area contributed by atoms with Crippen LogP contribution >= 0.6 is 0 Å². The summed E-state index contributed by atoms with van der Waals surface area (Å²) >= 11 is 0. The first-order chi connectivity index (χ1) is 17.1. The molecule has 3 aromatic rings. The quantitative estimate of drug-likeness (QED) is 0.492. The van der Waals surface area contributed by atoms with E-state index in [1.54, 1.807) is 60.7 Å². The van der Waals surface area contributed by atoms with Gasteiger partial charge in [0.25, 0.3) is 0 Å². The van der Waals surface area contributed by atoms with E-state index in [4.69, 9.17) is 23.7 Å². The van der Waals surface area contributed by atoms with Crippen molar-refractivity contribution >= 4 is 11.9 Å². The maximum Gasteiger partial charge on any atom is 0.338 e. The molecule has 0 unspecified atom stereocenters. The zero-order valence-corrected chi connectivity index (χ0v) is 19.1. The van der Waals surface area contributed by atoms with Crippen molar-refractivity contribution in [2.24, 2.45) is 0 Å². The van der Waals surface area contributed by atoms with Gasteiger partial charge in [-0.1, -0.05) is 66.7 Å². The van der Waals surface area contributed by atoms with E-state index in [-0.39, 0.29) is 17.7 Å². The number of ether oxygens (including phenoxy) is 5. The largest absolute Gasteiger partial charge is 0.452 e. The van der Waals surface area contributed by atoms with Crippen LogP contribution in [0.5, 0.6) is 0 Å². The Bertz CT molecular complexity index is 1090. The Hall–Kier alpha value is -3.56. The number of benzene rings is 3. The lowest BCUT2D eigenvalue weighted by molar-refractivity contribution is -0.345. The van der Waals surface area contributed by atoms with Crippen LogP contribution in [0.1, 0.15) is 26.3 Å². The highest BCUT2D eigenvalue weighted by Crippen LogP contribution is 2.29. The fraction of sp³-hybridized carbons (Fsp3) is 0.259. The van der Waals surface area contributed by atoms with Gasteiger partial charge in [-0.05, 0) is 29.8 Å². The molecular weight excluding hydrogens is 452 g/mol. The predicted molar refractivity (Wildman–Crippen MR) is 124 cm³/mol. The van der Waals surface area contributed by atoms with Gasteiger partial charge >= 0.3 is 11.9 Å². The molecule has 5 atom stereocenters. The Morgan fingerprint density at radius 1 is 0.743 bits per heavy atom. The average Bonchev–Trinajstić information content (AvgIpc) is 2.91. The van der Waals surface area contributed by atoms with E-state index in [1.807, 2.05) is 30.3 Å². The third kappa shape index (κ3) is 6.12. The van der Waals surface area contributed by atoms with Crippen molar-refractivity contribution in [3.63, 3.8) is 0 Å². The summed E-state index contributed by atoms with van der Waals surface area (Å²) in [5, 5.41) is 11.1. The smallest absolute Gasteiger partial charge is 0.338 e. The topological polar surface area (TPSA) is 101 Å². The van der Waals surface area contributed by atoms with Gasteiger partial charge in [-0.3, -0.25) is 0 Å². The average molecular weight is 478 g/mol. The van der Waals surface area contributed by atoms with Crippen LogP contribution in [-0.2, 0) is 30.3 Å². The molecule has 0 aromatic heterocycles. The maximum absolute atomic E-state index is 12.8. The molecule has 4 rings (SSSR count). The molecule has 0 radical (unpaired) electrons. The summed E-state index contributed by atoms with van der Waals surface area (Å²) in [5.41, 5.74) is 1.41. The normalized spacial score (nSPS) is 23.9. The van der Waals surface area contributed by atoms with Crippen LogP contribution in [0.2, 0.25) is 0 Å².